The van der Waals surface area contributed by atoms with E-state index in [0.29, 0.717) is 41.1 Å². The molecule has 176 valence electrons. The smallest absolute Gasteiger partial charge is 0.340 e. The molecule has 0 fully saturated rings. The SMILES string of the molecule is CCOC(=O)c1c(C)nc2c(c1-c1ccc(OCc3ccccc3)cc1)/C(=N/O)CC(C)(C)C2. The first kappa shape index (κ1) is 23.5. The van der Waals surface area contributed by atoms with Crippen molar-refractivity contribution in [1.82, 2.24) is 4.98 Å². The minimum absolute atomic E-state index is 0.105. The minimum Gasteiger partial charge on any atom is -0.489 e. The highest BCUT2D eigenvalue weighted by atomic mass is 16.5. The standard InChI is InChI=1S/C28H30N2O4/c1-5-33-27(31)24-18(2)29-22-15-28(3,4)16-23(30-32)26(22)25(24)20-11-13-21(14-12-20)34-17-19-9-7-6-8-10-19/h6-14,32H,5,15-17H2,1-4H3/b30-23+. The minimum atomic E-state index is -0.433. The van der Waals surface area contributed by atoms with Crippen molar-refractivity contribution in [2.45, 2.75) is 47.1 Å². The van der Waals surface area contributed by atoms with E-state index in [1.54, 1.807) is 6.92 Å². The zero-order chi connectivity index (χ0) is 24.3. The molecule has 0 radical (unpaired) electrons. The summed E-state index contributed by atoms with van der Waals surface area (Å²) < 4.78 is 11.3. The number of hydrogen-bond donors (Lipinski definition) is 1. The van der Waals surface area contributed by atoms with Gasteiger partial charge >= 0.3 is 5.97 Å². The van der Waals surface area contributed by atoms with E-state index >= 15 is 0 Å². The van der Waals surface area contributed by atoms with Crippen molar-refractivity contribution in [3.63, 3.8) is 0 Å². The molecule has 0 unspecified atom stereocenters. The Labute approximate surface area is 200 Å². The fraction of sp³-hybridized carbons (Fsp3) is 0.321. The summed E-state index contributed by atoms with van der Waals surface area (Å²) in [6.07, 6.45) is 1.30. The predicted molar refractivity (Wildman–Crippen MR) is 132 cm³/mol. The second-order valence-electron chi connectivity index (χ2n) is 9.35. The van der Waals surface area contributed by atoms with Crippen molar-refractivity contribution in [2.24, 2.45) is 10.6 Å². The Hall–Kier alpha value is -3.67. The summed E-state index contributed by atoms with van der Waals surface area (Å²) in [5, 5.41) is 13.5. The van der Waals surface area contributed by atoms with Gasteiger partial charge in [-0.1, -0.05) is 61.5 Å². The molecule has 1 aliphatic carbocycles. The fourth-order valence-corrected chi connectivity index (χ4v) is 4.55. The van der Waals surface area contributed by atoms with Crippen LogP contribution in [0.3, 0.4) is 0 Å². The Bertz CT molecular complexity index is 1220. The molecule has 1 aromatic heterocycles. The highest BCUT2D eigenvalue weighted by Gasteiger charge is 2.36. The number of carbonyl (C=O) groups excluding carboxylic acids is 1. The van der Waals surface area contributed by atoms with Crippen molar-refractivity contribution in [2.75, 3.05) is 6.61 Å². The van der Waals surface area contributed by atoms with E-state index < -0.39 is 5.97 Å². The van der Waals surface area contributed by atoms with Crippen LogP contribution in [0, 0.1) is 12.3 Å². The van der Waals surface area contributed by atoms with Gasteiger partial charge < -0.3 is 14.7 Å². The number of hydrogen-bond acceptors (Lipinski definition) is 6. The molecule has 0 atom stereocenters. The summed E-state index contributed by atoms with van der Waals surface area (Å²) >= 11 is 0. The summed E-state index contributed by atoms with van der Waals surface area (Å²) in [6, 6.07) is 17.6. The number of esters is 1. The van der Waals surface area contributed by atoms with Crippen LogP contribution in [-0.2, 0) is 17.8 Å². The number of benzene rings is 2. The normalized spacial score (nSPS) is 15.6. The molecule has 0 amide bonds. The first-order valence-corrected chi connectivity index (χ1v) is 11.5. The second-order valence-corrected chi connectivity index (χ2v) is 9.35. The van der Waals surface area contributed by atoms with Crippen LogP contribution in [0.5, 0.6) is 5.75 Å². The Morgan fingerprint density at radius 1 is 1.06 bits per heavy atom. The quantitative estimate of drug-likeness (QED) is 0.280. The van der Waals surface area contributed by atoms with Gasteiger partial charge in [-0.3, -0.25) is 4.98 Å². The topological polar surface area (TPSA) is 81.0 Å². The summed E-state index contributed by atoms with van der Waals surface area (Å²) in [4.78, 5) is 17.8. The third kappa shape index (κ3) is 4.81. The maximum Gasteiger partial charge on any atom is 0.340 e. The van der Waals surface area contributed by atoms with Crippen molar-refractivity contribution in [3.8, 4) is 16.9 Å². The lowest BCUT2D eigenvalue weighted by atomic mass is 9.73. The van der Waals surface area contributed by atoms with Crippen molar-refractivity contribution in [1.29, 1.82) is 0 Å². The van der Waals surface area contributed by atoms with Gasteiger partial charge in [0.15, 0.2) is 0 Å². The number of aryl methyl sites for hydroxylation is 1. The molecule has 0 saturated carbocycles. The Balaban J connectivity index is 1.79. The molecular formula is C28H30N2O4. The van der Waals surface area contributed by atoms with Gasteiger partial charge in [0.25, 0.3) is 0 Å². The van der Waals surface area contributed by atoms with Crippen molar-refractivity contribution < 1.29 is 19.5 Å². The van der Waals surface area contributed by atoms with Crippen LogP contribution in [0.25, 0.3) is 11.1 Å². The molecule has 34 heavy (non-hydrogen) atoms. The van der Waals surface area contributed by atoms with E-state index in [4.69, 9.17) is 14.5 Å². The van der Waals surface area contributed by atoms with Gasteiger partial charge in [-0.15, -0.1) is 0 Å². The third-order valence-electron chi connectivity index (χ3n) is 6.03. The maximum atomic E-state index is 13.0. The molecule has 2 aromatic carbocycles. The molecule has 1 heterocycles. The van der Waals surface area contributed by atoms with E-state index in [0.717, 1.165) is 29.0 Å². The first-order chi connectivity index (χ1) is 16.3. The molecule has 6 heteroatoms. The average molecular weight is 459 g/mol. The molecule has 1 N–H and O–H groups in total. The van der Waals surface area contributed by atoms with Crippen LogP contribution < -0.4 is 4.74 Å². The summed E-state index contributed by atoms with van der Waals surface area (Å²) in [7, 11) is 0. The number of ether oxygens (including phenoxy) is 2. The van der Waals surface area contributed by atoms with Crippen LogP contribution in [-0.4, -0.2) is 28.5 Å². The molecular weight excluding hydrogens is 428 g/mol. The highest BCUT2D eigenvalue weighted by molar-refractivity contribution is 6.12. The van der Waals surface area contributed by atoms with Crippen LogP contribution in [0.2, 0.25) is 0 Å². The van der Waals surface area contributed by atoms with Crippen molar-refractivity contribution in [3.05, 3.63) is 82.7 Å². The number of fused-ring (bicyclic) bond motifs is 1. The Morgan fingerprint density at radius 3 is 2.41 bits per heavy atom. The molecule has 3 aromatic rings. The second kappa shape index (κ2) is 9.67. The highest BCUT2D eigenvalue weighted by Crippen LogP contribution is 2.41. The van der Waals surface area contributed by atoms with Gasteiger partial charge in [-0.25, -0.2) is 4.79 Å². The lowest BCUT2D eigenvalue weighted by molar-refractivity contribution is 0.0526. The van der Waals surface area contributed by atoms with Crippen LogP contribution in [0.1, 0.15) is 60.1 Å². The van der Waals surface area contributed by atoms with Gasteiger partial charge in [0.05, 0.1) is 29.3 Å². The molecule has 4 rings (SSSR count). The van der Waals surface area contributed by atoms with Crippen molar-refractivity contribution >= 4 is 11.7 Å². The maximum absolute atomic E-state index is 13.0. The molecule has 0 bridgehead atoms. The summed E-state index contributed by atoms with van der Waals surface area (Å²) in [5.74, 6) is 0.291. The van der Waals surface area contributed by atoms with Gasteiger partial charge in [-0.05, 0) is 55.4 Å². The predicted octanol–water partition coefficient (Wildman–Crippen LogP) is 5.96. The number of carbonyl (C=O) groups is 1. The molecule has 0 aliphatic heterocycles. The zero-order valence-electron chi connectivity index (χ0n) is 20.1. The van der Waals surface area contributed by atoms with Crippen LogP contribution in [0.15, 0.2) is 59.8 Å². The number of rotatable bonds is 6. The van der Waals surface area contributed by atoms with E-state index in [1.165, 1.54) is 0 Å². The fourth-order valence-electron chi connectivity index (χ4n) is 4.55. The zero-order valence-corrected chi connectivity index (χ0v) is 20.1. The van der Waals surface area contributed by atoms with Crippen LogP contribution >= 0.6 is 0 Å². The summed E-state index contributed by atoms with van der Waals surface area (Å²) in [6.45, 7) is 8.57. The molecule has 0 spiro atoms. The monoisotopic (exact) mass is 458 g/mol. The van der Waals surface area contributed by atoms with Gasteiger partial charge in [0.2, 0.25) is 0 Å². The molecule has 0 saturated heterocycles. The average Bonchev–Trinajstić information content (AvgIpc) is 2.82. The third-order valence-corrected chi connectivity index (χ3v) is 6.03. The summed E-state index contributed by atoms with van der Waals surface area (Å²) in [5.41, 5.74) is 5.57. The van der Waals surface area contributed by atoms with Gasteiger partial charge in [0, 0.05) is 11.1 Å². The first-order valence-electron chi connectivity index (χ1n) is 11.5. The molecule has 6 nitrogen and oxygen atoms in total. The largest absolute Gasteiger partial charge is 0.489 e. The molecule has 1 aliphatic rings. The van der Waals surface area contributed by atoms with E-state index in [1.807, 2.05) is 61.5 Å². The van der Waals surface area contributed by atoms with Gasteiger partial charge in [-0.2, -0.15) is 0 Å². The van der Waals surface area contributed by atoms with Crippen LogP contribution in [0.4, 0.5) is 0 Å². The number of oxime groups is 1. The number of aromatic nitrogens is 1. The lowest BCUT2D eigenvalue weighted by Crippen LogP contribution is -2.30. The van der Waals surface area contributed by atoms with E-state index in [-0.39, 0.29) is 12.0 Å². The van der Waals surface area contributed by atoms with E-state index in [9.17, 15) is 10.0 Å². The van der Waals surface area contributed by atoms with Gasteiger partial charge in [0.1, 0.15) is 12.4 Å². The van der Waals surface area contributed by atoms with E-state index in [2.05, 4.69) is 19.0 Å². The Morgan fingerprint density at radius 2 is 1.76 bits per heavy atom. The lowest BCUT2D eigenvalue weighted by Gasteiger charge is -2.33. The number of nitrogens with zero attached hydrogens (tertiary/aromatic N) is 2. The number of pyridine rings is 1. The Kier molecular flexibility index (Phi) is 6.68.